The molecule has 0 aliphatic carbocycles. The fourth-order valence-corrected chi connectivity index (χ4v) is 4.56. The Kier molecular flexibility index (Phi) is 16.5. The van der Waals surface area contributed by atoms with Crippen molar-refractivity contribution in [2.75, 3.05) is 26.2 Å². The van der Waals surface area contributed by atoms with E-state index in [0.29, 0.717) is 28.1 Å². The van der Waals surface area contributed by atoms with Gasteiger partial charge in [0, 0.05) is 79.8 Å². The summed E-state index contributed by atoms with van der Waals surface area (Å²) in [6.45, 7) is 15.5. The van der Waals surface area contributed by atoms with Crippen molar-refractivity contribution in [3.8, 4) is 5.88 Å². The van der Waals surface area contributed by atoms with Gasteiger partial charge in [-0.1, -0.05) is 60.0 Å². The number of hydrogen-bond acceptors (Lipinski definition) is 5. The first-order valence-electron chi connectivity index (χ1n) is 14.5. The van der Waals surface area contributed by atoms with E-state index in [4.69, 9.17) is 21.1 Å². The van der Waals surface area contributed by atoms with Crippen molar-refractivity contribution in [1.29, 1.82) is 0 Å². The van der Waals surface area contributed by atoms with Gasteiger partial charge < -0.3 is 14.3 Å². The van der Waals surface area contributed by atoms with Crippen LogP contribution in [0.3, 0.4) is 0 Å². The van der Waals surface area contributed by atoms with Crippen molar-refractivity contribution in [1.82, 2.24) is 9.88 Å². The Labute approximate surface area is 289 Å². The van der Waals surface area contributed by atoms with Crippen LogP contribution in [0.25, 0.3) is 5.57 Å². The monoisotopic (exact) mass is 847 g/mol. The normalized spacial score (nSPS) is 15.6. The zero-order valence-corrected chi connectivity index (χ0v) is 30.8. The van der Waals surface area contributed by atoms with Gasteiger partial charge in [-0.05, 0) is 63.8 Å². The van der Waals surface area contributed by atoms with E-state index in [9.17, 15) is 13.6 Å². The van der Waals surface area contributed by atoms with E-state index in [0.717, 1.165) is 43.9 Å². The van der Waals surface area contributed by atoms with Gasteiger partial charge >= 0.3 is 0 Å². The summed E-state index contributed by atoms with van der Waals surface area (Å²) in [5, 5.41) is 0.372. The number of hydrogen-bond donors (Lipinski definition) is 0. The van der Waals surface area contributed by atoms with Gasteiger partial charge in [0.15, 0.2) is 0 Å². The predicted molar refractivity (Wildman–Crippen MR) is 169 cm³/mol. The minimum Gasteiger partial charge on any atom is -0.473 e. The zero-order chi connectivity index (χ0) is 31.4. The van der Waals surface area contributed by atoms with Crippen LogP contribution < -0.4 is 4.74 Å². The summed E-state index contributed by atoms with van der Waals surface area (Å²) in [4.78, 5) is 17.1. The van der Waals surface area contributed by atoms with Gasteiger partial charge in [-0.2, -0.15) is 6.07 Å². The molecule has 2 aliphatic rings. The van der Waals surface area contributed by atoms with Crippen molar-refractivity contribution in [3.63, 3.8) is 0 Å². The number of pyridine rings is 1. The van der Waals surface area contributed by atoms with Crippen molar-refractivity contribution in [2.24, 2.45) is 0 Å². The largest absolute Gasteiger partial charge is 0.473 e. The SMILES string of the molecule is C=C(C)CN1CC=C(c2cccc(OCc3ccc(Cl)cc3F)n2)CC1.CCC1CCO1.Cc1ccc([C-]=O)c(F)c1C.[U]. The maximum atomic E-state index is 13.8. The van der Waals surface area contributed by atoms with Crippen LogP contribution in [0.4, 0.5) is 8.78 Å². The van der Waals surface area contributed by atoms with Crippen LogP contribution >= 0.6 is 11.6 Å². The molecule has 1 fully saturated rings. The molecule has 2 aromatic carbocycles. The van der Waals surface area contributed by atoms with Crippen LogP contribution in [-0.4, -0.2) is 48.5 Å². The Balaban J connectivity index is 0.000000307. The Morgan fingerprint density at radius 2 is 1.95 bits per heavy atom. The first-order valence-corrected chi connectivity index (χ1v) is 14.8. The van der Waals surface area contributed by atoms with E-state index in [1.807, 2.05) is 19.1 Å². The van der Waals surface area contributed by atoms with Crippen LogP contribution in [-0.2, 0) is 16.1 Å². The van der Waals surface area contributed by atoms with Gasteiger partial charge in [0.1, 0.15) is 12.4 Å². The fourth-order valence-electron chi connectivity index (χ4n) is 4.40. The molecule has 0 amide bonds. The molecular weight excluding hydrogens is 808 g/mol. The Bertz CT molecular complexity index is 1430. The molecule has 0 N–H and O–H groups in total. The number of halogens is 3. The fraction of sp³-hybridized carbons (Fsp3) is 0.371. The van der Waals surface area contributed by atoms with Crippen LogP contribution in [0.15, 0.2) is 66.8 Å². The van der Waals surface area contributed by atoms with Crippen LogP contribution in [0.1, 0.15) is 61.1 Å². The number of nitrogens with zero attached hydrogens (tertiary/aromatic N) is 2. The standard InChI is InChI=1S/C21H22ClFN2O.C9H8FO.C5H10O.U/c1-15(2)13-25-10-8-16(9-11-25)20-4-3-5-21(24-20)26-14-17-6-7-18(22)12-19(17)23;1-6-3-4-8(5-11)9(10)7(6)2;1-2-5-3-4-6-5;/h3-8,12H,1,9-11,13-14H2,2H3;3-4H,1-2H3;5H,2-4H2,1H3;/q;-1;;. The molecule has 0 saturated carbocycles. The summed E-state index contributed by atoms with van der Waals surface area (Å²) < 4.78 is 37.6. The molecule has 5 rings (SSSR count). The average molecular weight is 848 g/mol. The van der Waals surface area contributed by atoms with Crippen molar-refractivity contribution in [3.05, 3.63) is 111 Å². The molecule has 3 aromatic rings. The minimum atomic E-state index is -0.458. The maximum absolute atomic E-state index is 13.8. The van der Waals surface area contributed by atoms with Gasteiger partial charge in [0.25, 0.3) is 0 Å². The van der Waals surface area contributed by atoms with Crippen molar-refractivity contribution >= 4 is 23.5 Å². The molecule has 0 bridgehead atoms. The second-order valence-electron chi connectivity index (χ2n) is 10.7. The van der Waals surface area contributed by atoms with Gasteiger partial charge in [-0.25, -0.2) is 9.37 Å². The molecule has 3 heterocycles. The topological polar surface area (TPSA) is 51.7 Å². The number of carbonyl (C=O) groups excluding carboxylic acids is 1. The third kappa shape index (κ3) is 11.9. The molecule has 1 saturated heterocycles. The van der Waals surface area contributed by atoms with E-state index >= 15 is 0 Å². The minimum absolute atomic E-state index is 0. The molecule has 2 aliphatic heterocycles. The quantitative estimate of drug-likeness (QED) is 0.169. The number of rotatable bonds is 8. The van der Waals surface area contributed by atoms with Crippen molar-refractivity contribution in [2.45, 2.75) is 59.7 Å². The van der Waals surface area contributed by atoms with E-state index in [-0.39, 0.29) is 49.1 Å². The molecule has 1 unspecified atom stereocenters. The average Bonchev–Trinajstić information content (AvgIpc) is 2.96. The van der Waals surface area contributed by atoms with Gasteiger partial charge in [0.2, 0.25) is 5.88 Å². The molecule has 44 heavy (non-hydrogen) atoms. The molecule has 0 spiro atoms. The molecule has 9 heteroatoms. The molecule has 1 aromatic heterocycles. The first-order chi connectivity index (χ1) is 20.6. The van der Waals surface area contributed by atoms with Crippen LogP contribution in [0, 0.1) is 56.6 Å². The third-order valence-corrected chi connectivity index (χ3v) is 7.48. The first kappa shape index (κ1) is 37.8. The van der Waals surface area contributed by atoms with Gasteiger partial charge in [-0.3, -0.25) is 9.29 Å². The maximum Gasteiger partial charge on any atom is 0.214 e. The molecule has 0 radical (unpaired) electrons. The second kappa shape index (κ2) is 19.2. The van der Waals surface area contributed by atoms with E-state index in [1.54, 1.807) is 38.1 Å². The zero-order valence-electron chi connectivity index (χ0n) is 25.9. The third-order valence-electron chi connectivity index (χ3n) is 7.25. The van der Waals surface area contributed by atoms with Crippen molar-refractivity contribution < 1.29 is 54.2 Å². The second-order valence-corrected chi connectivity index (χ2v) is 11.2. The number of ether oxygens (including phenoxy) is 2. The summed E-state index contributed by atoms with van der Waals surface area (Å²) in [7, 11) is 0. The summed E-state index contributed by atoms with van der Waals surface area (Å²) in [6.07, 6.45) is 7.78. The number of benzene rings is 2. The van der Waals surface area contributed by atoms with E-state index in [1.165, 1.54) is 42.4 Å². The number of aryl methyl sites for hydroxylation is 1. The molecule has 5 nitrogen and oxygen atoms in total. The smallest absolute Gasteiger partial charge is 0.214 e. The molecular formula is C35H40ClF2N2O3U-. The van der Waals surface area contributed by atoms with Gasteiger partial charge in [0.05, 0.1) is 18.1 Å². The Morgan fingerprint density at radius 3 is 2.50 bits per heavy atom. The predicted octanol–water partition coefficient (Wildman–Crippen LogP) is 8.20. The molecule has 1 atom stereocenters. The molecule has 234 valence electrons. The number of aromatic nitrogens is 1. The van der Waals surface area contributed by atoms with Crippen LogP contribution in [0.2, 0.25) is 5.02 Å². The van der Waals surface area contributed by atoms with Crippen LogP contribution in [0.5, 0.6) is 5.88 Å². The Morgan fingerprint density at radius 1 is 1.20 bits per heavy atom. The van der Waals surface area contributed by atoms with Gasteiger partial charge in [-0.15, -0.1) is 11.6 Å². The summed E-state index contributed by atoms with van der Waals surface area (Å²) in [5.74, 6) is -0.344. The summed E-state index contributed by atoms with van der Waals surface area (Å²) >= 11 is 5.77. The Hall–Kier alpha value is -2.34. The van der Waals surface area contributed by atoms with E-state index in [2.05, 4.69) is 29.5 Å². The van der Waals surface area contributed by atoms with E-state index < -0.39 is 5.82 Å². The summed E-state index contributed by atoms with van der Waals surface area (Å²) in [5.41, 5.74) is 5.12. The summed E-state index contributed by atoms with van der Waals surface area (Å²) in [6, 6.07) is 13.4.